The van der Waals surface area contributed by atoms with Crippen LogP contribution in [0.25, 0.3) is 5.57 Å². The third kappa shape index (κ3) is 14.5. The van der Waals surface area contributed by atoms with E-state index in [1.54, 1.807) is 13.8 Å². The smallest absolute Gasteiger partial charge is 0.295 e. The number of benzene rings is 3. The summed E-state index contributed by atoms with van der Waals surface area (Å²) in [5, 5.41) is 24.2. The van der Waals surface area contributed by atoms with Crippen molar-refractivity contribution in [3.63, 3.8) is 0 Å². The van der Waals surface area contributed by atoms with E-state index < -0.39 is 76.1 Å². The largest absolute Gasteiger partial charge is 0.455 e. The van der Waals surface area contributed by atoms with Crippen LogP contribution < -0.4 is 34.8 Å². The summed E-state index contributed by atoms with van der Waals surface area (Å²) in [5.41, 5.74) is 5.99. The van der Waals surface area contributed by atoms with Gasteiger partial charge in [-0.15, -0.1) is 11.8 Å². The molecule has 1 fully saturated rings. The molecule has 0 radical (unpaired) electrons. The van der Waals surface area contributed by atoms with Gasteiger partial charge in [-0.05, 0) is 115 Å². The lowest BCUT2D eigenvalue weighted by Crippen LogP contribution is -2.48. The molecule has 7 aliphatic heterocycles. The topological polar surface area (TPSA) is 299 Å². The number of hydrogen-bond acceptors (Lipinski definition) is 17. The molecule has 7 heterocycles. The van der Waals surface area contributed by atoms with Crippen LogP contribution in [0.15, 0.2) is 52.3 Å². The zero-order chi connectivity index (χ0) is 63.4. The number of nitriles is 1. The second-order valence-electron chi connectivity index (χ2n) is 24.8. The summed E-state index contributed by atoms with van der Waals surface area (Å²) < 4.78 is 87.9. The molecule has 4 unspecified atom stereocenters. The minimum Gasteiger partial charge on any atom is -0.455 e. The van der Waals surface area contributed by atoms with E-state index in [4.69, 9.17) is 14.2 Å². The van der Waals surface area contributed by atoms with Gasteiger partial charge in [0.25, 0.3) is 21.9 Å². The summed E-state index contributed by atoms with van der Waals surface area (Å²) in [5.74, 6) is -1.08. The number of ether oxygens (including phenoxy) is 3. The number of Topliss-reactive ketones (excluding diaryl/α,β-unsaturated/α-hetero) is 1. The maximum atomic E-state index is 14.0. The van der Waals surface area contributed by atoms with E-state index in [1.807, 2.05) is 0 Å². The van der Waals surface area contributed by atoms with Crippen LogP contribution in [0.2, 0.25) is 0 Å². The zero-order valence-corrected chi connectivity index (χ0v) is 53.3. The fraction of sp³-hybridized carbons (Fsp3) is 0.562. The number of fused-ring (bicyclic) bond motifs is 4. The average Bonchev–Trinajstić information content (AvgIpc) is 1.21. The maximum absolute atomic E-state index is 14.0. The first-order valence-corrected chi connectivity index (χ1v) is 34.9. The predicted molar refractivity (Wildman–Crippen MR) is 331 cm³/mol. The van der Waals surface area contributed by atoms with Gasteiger partial charge in [0.05, 0.1) is 77.6 Å². The number of carbonyl (C=O) groups excluding carboxylic acids is 6. The lowest BCUT2D eigenvalue weighted by atomic mass is 9.77. The highest BCUT2D eigenvalue weighted by Gasteiger charge is 2.49. The summed E-state index contributed by atoms with van der Waals surface area (Å²) in [6.07, 6.45) is 10.6. The Hall–Kier alpha value is -6.37. The van der Waals surface area contributed by atoms with Crippen molar-refractivity contribution in [3.05, 3.63) is 86.4 Å². The Bertz CT molecular complexity index is 3770. The molecule has 0 aromatic heterocycles. The molecular formula is C64H80N7O15S3+. The van der Waals surface area contributed by atoms with Crippen molar-refractivity contribution in [2.24, 2.45) is 5.41 Å². The van der Waals surface area contributed by atoms with E-state index in [9.17, 15) is 60.5 Å². The number of aryl methyl sites for hydroxylation is 2. The predicted octanol–water partition coefficient (Wildman–Crippen LogP) is 3.94. The molecule has 7 aliphatic rings. The van der Waals surface area contributed by atoms with E-state index in [2.05, 4.69) is 37.7 Å². The first-order valence-electron chi connectivity index (χ1n) is 31.1. The molecule has 25 heteroatoms. The number of likely N-dealkylation sites (tertiary alicyclic amines) is 1. The summed E-state index contributed by atoms with van der Waals surface area (Å²) in [6, 6.07) is 10.4. The van der Waals surface area contributed by atoms with E-state index in [-0.39, 0.29) is 101 Å². The van der Waals surface area contributed by atoms with Gasteiger partial charge in [-0.3, -0.25) is 43.1 Å². The number of unbranched alkanes of at least 4 members (excludes halogenated alkanes) is 3. The Kier molecular flexibility index (Phi) is 20.3. The molecule has 5 amide bonds. The normalized spacial score (nSPS) is 19.5. The second kappa shape index (κ2) is 27.6. The lowest BCUT2D eigenvalue weighted by Gasteiger charge is -2.39. The highest BCUT2D eigenvalue weighted by Crippen LogP contribution is 2.50. The number of thioether (sulfide) groups is 1. The van der Waals surface area contributed by atoms with Gasteiger partial charge in [0.2, 0.25) is 33.1 Å². The Morgan fingerprint density at radius 2 is 1.51 bits per heavy atom. The van der Waals surface area contributed by atoms with Crippen LogP contribution in [0.1, 0.15) is 138 Å². The van der Waals surface area contributed by atoms with Gasteiger partial charge in [-0.1, -0.05) is 18.9 Å². The molecule has 4 N–H and O–H groups in total. The number of ketones is 1. The number of rotatable bonds is 30. The molecule has 1 saturated heterocycles. The van der Waals surface area contributed by atoms with Gasteiger partial charge < -0.3 is 29.5 Å². The minimum absolute atomic E-state index is 0.00585. The number of carbonyl (C=O) groups is 6. The van der Waals surface area contributed by atoms with Crippen molar-refractivity contribution in [2.75, 3.05) is 83.7 Å². The number of aliphatic hydroxyl groups is 1. The van der Waals surface area contributed by atoms with E-state index in [0.29, 0.717) is 42.8 Å². The van der Waals surface area contributed by atoms with Crippen molar-refractivity contribution < 1.29 is 69.5 Å². The van der Waals surface area contributed by atoms with Crippen LogP contribution in [0.4, 0.5) is 5.69 Å². The summed E-state index contributed by atoms with van der Waals surface area (Å²) >= 11 is 0.966. The quantitative estimate of drug-likeness (QED) is 0.0249. The van der Waals surface area contributed by atoms with E-state index >= 15 is 0 Å². The molecule has 0 saturated carbocycles. The molecule has 0 spiro atoms. The van der Waals surface area contributed by atoms with Crippen molar-refractivity contribution in [2.45, 2.75) is 156 Å². The first-order chi connectivity index (χ1) is 42.5. The molecule has 478 valence electrons. The van der Waals surface area contributed by atoms with Gasteiger partial charge in [0.15, 0.2) is 0 Å². The summed E-state index contributed by atoms with van der Waals surface area (Å²) in [7, 11) is -9.28. The maximum Gasteiger partial charge on any atom is 0.295 e. The average molecular weight is 1280 g/mol. The van der Waals surface area contributed by atoms with E-state index in [0.717, 1.165) is 138 Å². The van der Waals surface area contributed by atoms with Crippen LogP contribution in [-0.2, 0) is 84.1 Å². The molecular weight excluding hydrogens is 1200 g/mol. The van der Waals surface area contributed by atoms with Gasteiger partial charge in [-0.25, -0.2) is 17.7 Å². The Morgan fingerprint density at radius 3 is 2.21 bits per heavy atom. The number of hydrogen-bond donors (Lipinski definition) is 4. The number of imide groups is 2. The van der Waals surface area contributed by atoms with Crippen LogP contribution in [0.3, 0.4) is 0 Å². The Morgan fingerprint density at radius 1 is 0.831 bits per heavy atom. The monoisotopic (exact) mass is 1280 g/mol. The van der Waals surface area contributed by atoms with Crippen molar-refractivity contribution >= 4 is 78.5 Å². The van der Waals surface area contributed by atoms with Crippen molar-refractivity contribution in [1.29, 1.82) is 5.26 Å². The molecule has 0 aliphatic carbocycles. The SMILES string of the molecule is CC(O)CNC(=O)C(C)(CC(C)(C#N)CCC(=O)CCCCCCNS(=O)(=O)c1ccc(C2=c3cc4c5c(c3Oc3c2cc2c6c3CCCN6CCC2)CCC[N+]=5CCC4)c(S(=O)(=O)O)c1)SC1CC(=O)N(CCOCCOCCN2C(=O)C=CC2=O)C1=O. The van der Waals surface area contributed by atoms with Crippen molar-refractivity contribution in [3.8, 4) is 17.6 Å². The van der Waals surface area contributed by atoms with E-state index in [1.165, 1.54) is 42.3 Å². The van der Waals surface area contributed by atoms with Crippen LogP contribution in [0, 0.1) is 16.7 Å². The zero-order valence-electron chi connectivity index (χ0n) is 50.9. The fourth-order valence-electron chi connectivity index (χ4n) is 13.6. The molecule has 4 atom stereocenters. The molecule has 3 aromatic rings. The minimum atomic E-state index is -5.00. The number of sulfonamides is 1. The lowest BCUT2D eigenvalue weighted by molar-refractivity contribution is -0.140. The van der Waals surface area contributed by atoms with Gasteiger partial charge in [0, 0.05) is 109 Å². The number of amides is 5. The molecule has 0 bridgehead atoms. The first kappa shape index (κ1) is 65.6. The number of nitrogens with one attached hydrogen (secondary N) is 2. The Balaban J connectivity index is 0.728. The third-order valence-corrected chi connectivity index (χ3v) is 21.8. The van der Waals surface area contributed by atoms with Gasteiger partial charge in [0.1, 0.15) is 35.3 Å². The molecule has 22 nitrogen and oxygen atoms in total. The van der Waals surface area contributed by atoms with Crippen LogP contribution >= 0.6 is 11.8 Å². The Labute approximate surface area is 523 Å². The summed E-state index contributed by atoms with van der Waals surface area (Å²) in [4.78, 5) is 81.1. The second-order valence-corrected chi connectivity index (χ2v) is 29.7. The van der Waals surface area contributed by atoms with Crippen molar-refractivity contribution in [1.82, 2.24) is 24.4 Å². The molecule has 89 heavy (non-hydrogen) atoms. The number of nitrogens with zero attached hydrogens (tertiary/aromatic N) is 5. The summed E-state index contributed by atoms with van der Waals surface area (Å²) in [6.45, 7) is 8.83. The van der Waals surface area contributed by atoms with Crippen LogP contribution in [0.5, 0.6) is 11.5 Å². The molecule has 10 rings (SSSR count). The van der Waals surface area contributed by atoms with Crippen LogP contribution in [-0.4, -0.2) is 167 Å². The third-order valence-electron chi connectivity index (χ3n) is 18.0. The number of aliphatic hydroxyl groups excluding tert-OH is 1. The molecule has 3 aromatic carbocycles. The highest BCUT2D eigenvalue weighted by molar-refractivity contribution is 8.02. The van der Waals surface area contributed by atoms with Gasteiger partial charge in [-0.2, -0.15) is 13.7 Å². The fourth-order valence-corrected chi connectivity index (χ4v) is 17.2. The van der Waals surface area contributed by atoms with Gasteiger partial charge >= 0.3 is 0 Å². The number of anilines is 1. The standard InChI is InChI=1S/C64H79N7O15S3/c1-41(72)38-66-62(78)64(3,87-51-37-55(76)71(61(51)77)29-31-85-33-32-84-30-28-70-53(74)19-20-54(70)75)39-63(2,40-65)22-21-44(73)14-6-4-5-7-23-67-88(79,80)45-17-18-46(52(36-45)89(81,82)83)56-49-34-42-12-8-24-68-26-10-15-47(57(42)68)59(49)86-60-48-16-11-27-69-25-9-13-43(58(48)69)35-50(56)60/h17-20,34-36,41,51,67,72H,4-16,21-33,37-39H2,1-3H3,(H-,66,78,81,82,83)/p+1. The highest BCUT2D eigenvalue weighted by atomic mass is 32.2.